The van der Waals surface area contributed by atoms with E-state index < -0.39 is 6.04 Å². The standard InChI is InChI=1S/C11H19N3O3/c1-2-16-9(7-3-4-7)10-13-11(17-14-10)8(12)5-6-15/h7-9,15H,2-6,12H2,1H3. The van der Waals surface area contributed by atoms with E-state index in [9.17, 15) is 0 Å². The van der Waals surface area contributed by atoms with E-state index in [1.807, 2.05) is 6.92 Å². The van der Waals surface area contributed by atoms with Crippen LogP contribution in [0.5, 0.6) is 0 Å². The van der Waals surface area contributed by atoms with Crippen LogP contribution in [0, 0.1) is 5.92 Å². The first kappa shape index (κ1) is 12.5. The van der Waals surface area contributed by atoms with Gasteiger partial charge in [0, 0.05) is 13.2 Å². The molecule has 6 nitrogen and oxygen atoms in total. The predicted octanol–water partition coefficient (Wildman–Crippen LogP) is 0.939. The summed E-state index contributed by atoms with van der Waals surface area (Å²) in [6, 6.07) is -0.400. The van der Waals surface area contributed by atoms with E-state index in [-0.39, 0.29) is 12.7 Å². The van der Waals surface area contributed by atoms with Crippen LogP contribution in [-0.2, 0) is 4.74 Å². The van der Waals surface area contributed by atoms with Crippen molar-refractivity contribution in [3.8, 4) is 0 Å². The van der Waals surface area contributed by atoms with Gasteiger partial charge in [-0.3, -0.25) is 0 Å². The maximum absolute atomic E-state index is 8.80. The summed E-state index contributed by atoms with van der Waals surface area (Å²) in [5, 5.41) is 12.7. The number of nitrogens with two attached hydrogens (primary N) is 1. The fraction of sp³-hybridized carbons (Fsp3) is 0.818. The van der Waals surface area contributed by atoms with Crippen molar-refractivity contribution in [2.45, 2.75) is 38.3 Å². The predicted molar refractivity (Wildman–Crippen MR) is 60.0 cm³/mol. The summed E-state index contributed by atoms with van der Waals surface area (Å²) in [7, 11) is 0. The highest BCUT2D eigenvalue weighted by molar-refractivity contribution is 5.00. The highest BCUT2D eigenvalue weighted by atomic mass is 16.5. The van der Waals surface area contributed by atoms with Crippen molar-refractivity contribution in [2.24, 2.45) is 11.7 Å². The Bertz CT molecular complexity index is 351. The van der Waals surface area contributed by atoms with Crippen LogP contribution >= 0.6 is 0 Å². The molecule has 0 saturated heterocycles. The van der Waals surface area contributed by atoms with Crippen LogP contribution in [0.25, 0.3) is 0 Å². The lowest BCUT2D eigenvalue weighted by molar-refractivity contribution is 0.0384. The zero-order chi connectivity index (χ0) is 12.3. The third-order valence-corrected chi connectivity index (χ3v) is 2.87. The van der Waals surface area contributed by atoms with Crippen molar-refractivity contribution in [1.82, 2.24) is 10.1 Å². The number of aliphatic hydroxyl groups excluding tert-OH is 1. The lowest BCUT2D eigenvalue weighted by Crippen LogP contribution is -2.13. The number of rotatable bonds is 7. The van der Waals surface area contributed by atoms with E-state index in [0.29, 0.717) is 30.7 Å². The van der Waals surface area contributed by atoms with Crippen LogP contribution in [0.4, 0.5) is 0 Å². The van der Waals surface area contributed by atoms with Gasteiger partial charge in [0.25, 0.3) is 0 Å². The van der Waals surface area contributed by atoms with Crippen LogP contribution in [0.15, 0.2) is 4.52 Å². The van der Waals surface area contributed by atoms with Crippen molar-refractivity contribution in [2.75, 3.05) is 13.2 Å². The lowest BCUT2D eigenvalue weighted by Gasteiger charge is -2.11. The first-order valence-corrected chi connectivity index (χ1v) is 6.07. The van der Waals surface area contributed by atoms with Gasteiger partial charge in [0.2, 0.25) is 11.7 Å². The third-order valence-electron chi connectivity index (χ3n) is 2.87. The summed E-state index contributed by atoms with van der Waals surface area (Å²) in [5.74, 6) is 1.46. The third kappa shape index (κ3) is 3.02. The van der Waals surface area contributed by atoms with Gasteiger partial charge in [-0.25, -0.2) is 0 Å². The Balaban J connectivity index is 2.04. The van der Waals surface area contributed by atoms with Gasteiger partial charge in [0.05, 0.1) is 6.04 Å². The van der Waals surface area contributed by atoms with Crippen LogP contribution in [-0.4, -0.2) is 28.5 Å². The number of hydrogen-bond acceptors (Lipinski definition) is 6. The molecule has 0 bridgehead atoms. The Hall–Kier alpha value is -0.980. The van der Waals surface area contributed by atoms with Gasteiger partial charge in [0.15, 0.2) is 0 Å². The molecule has 0 aliphatic heterocycles. The van der Waals surface area contributed by atoms with Gasteiger partial charge < -0.3 is 20.1 Å². The van der Waals surface area contributed by atoms with Gasteiger partial charge in [-0.15, -0.1) is 0 Å². The number of ether oxygens (including phenoxy) is 1. The first-order valence-electron chi connectivity index (χ1n) is 6.07. The summed E-state index contributed by atoms with van der Waals surface area (Å²) in [6.07, 6.45) is 2.65. The summed E-state index contributed by atoms with van der Waals surface area (Å²) < 4.78 is 10.7. The fourth-order valence-electron chi connectivity index (χ4n) is 1.78. The minimum Gasteiger partial charge on any atom is -0.396 e. The Morgan fingerprint density at radius 3 is 2.94 bits per heavy atom. The molecule has 1 aliphatic rings. The monoisotopic (exact) mass is 241 g/mol. The number of aromatic nitrogens is 2. The molecule has 17 heavy (non-hydrogen) atoms. The molecule has 1 aliphatic carbocycles. The van der Waals surface area contributed by atoms with Gasteiger partial charge >= 0.3 is 0 Å². The Kier molecular flexibility index (Phi) is 4.09. The summed E-state index contributed by atoms with van der Waals surface area (Å²) >= 11 is 0. The van der Waals surface area contributed by atoms with E-state index in [1.54, 1.807) is 0 Å². The topological polar surface area (TPSA) is 94.4 Å². The molecular weight excluding hydrogens is 222 g/mol. The molecule has 6 heteroatoms. The van der Waals surface area contributed by atoms with E-state index in [4.69, 9.17) is 20.1 Å². The summed E-state index contributed by atoms with van der Waals surface area (Å²) in [6.45, 7) is 2.60. The number of hydrogen-bond donors (Lipinski definition) is 2. The smallest absolute Gasteiger partial charge is 0.243 e. The largest absolute Gasteiger partial charge is 0.396 e. The molecule has 2 atom stereocenters. The minimum atomic E-state index is -0.400. The van der Waals surface area contributed by atoms with Crippen molar-refractivity contribution >= 4 is 0 Å². The molecule has 96 valence electrons. The molecule has 2 unspecified atom stereocenters. The number of nitrogens with zero attached hydrogens (tertiary/aromatic N) is 2. The first-order chi connectivity index (χ1) is 8.26. The second-order valence-corrected chi connectivity index (χ2v) is 4.32. The SMILES string of the molecule is CCOC(c1noc(C(N)CCO)n1)C1CC1. The maximum Gasteiger partial charge on any atom is 0.243 e. The van der Waals surface area contributed by atoms with E-state index in [2.05, 4.69) is 10.1 Å². The fourth-order valence-corrected chi connectivity index (χ4v) is 1.78. The van der Waals surface area contributed by atoms with E-state index in [1.165, 1.54) is 0 Å². The Morgan fingerprint density at radius 2 is 2.35 bits per heavy atom. The van der Waals surface area contributed by atoms with E-state index in [0.717, 1.165) is 12.8 Å². The highest BCUT2D eigenvalue weighted by Gasteiger charge is 2.36. The van der Waals surface area contributed by atoms with Crippen molar-refractivity contribution in [3.63, 3.8) is 0 Å². The second-order valence-electron chi connectivity index (χ2n) is 4.32. The zero-order valence-corrected chi connectivity index (χ0v) is 10.0. The van der Waals surface area contributed by atoms with Gasteiger partial charge in [0.1, 0.15) is 6.10 Å². The molecule has 0 amide bonds. The maximum atomic E-state index is 8.80. The minimum absolute atomic E-state index is 0.0103. The molecule has 1 aromatic rings. The summed E-state index contributed by atoms with van der Waals surface area (Å²) in [4.78, 5) is 4.27. The Morgan fingerprint density at radius 1 is 1.59 bits per heavy atom. The highest BCUT2D eigenvalue weighted by Crippen LogP contribution is 2.42. The molecule has 0 aromatic carbocycles. The molecule has 2 rings (SSSR count). The summed E-state index contributed by atoms with van der Waals surface area (Å²) in [5.41, 5.74) is 5.79. The molecule has 1 fully saturated rings. The molecule has 1 aromatic heterocycles. The molecule has 0 spiro atoms. The zero-order valence-electron chi connectivity index (χ0n) is 10.0. The van der Waals surface area contributed by atoms with Gasteiger partial charge in [-0.1, -0.05) is 5.16 Å². The second kappa shape index (κ2) is 5.57. The molecule has 0 radical (unpaired) electrons. The van der Waals surface area contributed by atoms with Crippen LogP contribution < -0.4 is 5.73 Å². The van der Waals surface area contributed by atoms with Crippen molar-refractivity contribution in [1.29, 1.82) is 0 Å². The molecular formula is C11H19N3O3. The molecule has 3 N–H and O–H groups in total. The quantitative estimate of drug-likeness (QED) is 0.737. The van der Waals surface area contributed by atoms with Crippen molar-refractivity contribution in [3.05, 3.63) is 11.7 Å². The van der Waals surface area contributed by atoms with Crippen LogP contribution in [0.3, 0.4) is 0 Å². The average Bonchev–Trinajstić information content (AvgIpc) is 3.03. The van der Waals surface area contributed by atoms with Crippen molar-refractivity contribution < 1.29 is 14.4 Å². The van der Waals surface area contributed by atoms with Crippen LogP contribution in [0.1, 0.15) is 50.0 Å². The van der Waals surface area contributed by atoms with Gasteiger partial charge in [-0.2, -0.15) is 4.98 Å². The average molecular weight is 241 g/mol. The lowest BCUT2D eigenvalue weighted by atomic mass is 10.2. The normalized spacial score (nSPS) is 19.2. The van der Waals surface area contributed by atoms with Crippen LogP contribution in [0.2, 0.25) is 0 Å². The molecule has 1 heterocycles. The van der Waals surface area contributed by atoms with Gasteiger partial charge in [-0.05, 0) is 32.1 Å². The Labute approximate surface area is 100 Å². The van der Waals surface area contributed by atoms with E-state index >= 15 is 0 Å². The molecule has 1 saturated carbocycles. The number of aliphatic hydroxyl groups is 1.